The molecular weight excluding hydrogens is 1090 g/mol. The Balaban J connectivity index is 0.866. The van der Waals surface area contributed by atoms with Crippen LogP contribution in [0.2, 0.25) is 33.2 Å². The minimum atomic E-state index is -1.93. The van der Waals surface area contributed by atoms with E-state index in [1.807, 2.05) is 0 Å². The molecule has 0 fully saturated rings. The second-order valence-corrected chi connectivity index (χ2v) is 37.1. The van der Waals surface area contributed by atoms with Gasteiger partial charge in [0.15, 0.2) is 0 Å². The van der Waals surface area contributed by atoms with Crippen molar-refractivity contribution in [2.24, 2.45) is 0 Å². The fourth-order valence-corrected chi connectivity index (χ4v) is 25.2. The number of benzene rings is 12. The molecule has 0 aromatic heterocycles. The van der Waals surface area contributed by atoms with Crippen molar-refractivity contribution in [2.75, 3.05) is 0 Å². The van der Waals surface area contributed by atoms with E-state index in [0.717, 1.165) is 104 Å². The summed E-state index contributed by atoms with van der Waals surface area (Å²) in [5, 5.41) is 18.2. The molecular formula is C86H74Si2. The Hall–Kier alpha value is -9.49. The first kappa shape index (κ1) is 58.9. The van der Waals surface area contributed by atoms with Crippen LogP contribution in [-0.2, 0) is 0 Å². The standard InChI is InChI=1S/C86H74Si2/c1-57(2)87(58(3)4,59(5)6)47-45-69-31-21-39-77-50-72-34-16-26-64(80(72)54-85(69)77)24-14-13-23-63-25-15-33-71-49-73-35-17-27-65(81(73)53-79(63)71)41-42-66-28-18-36-74-51-75-37-19-29-67(83(75)55-82(66)74)43-44-68-30-20-38-76-52-78-40-22-32-70(86(78)56-84(68)76)46-48-88(60(7)8,61(9)10)62(11)12/h15-22,25-40,49-62H,1-12H3. The lowest BCUT2D eigenvalue weighted by Crippen LogP contribution is -2.43. The second kappa shape index (κ2) is 24.4. The van der Waals surface area contributed by atoms with E-state index in [-0.39, 0.29) is 0 Å². The summed E-state index contributed by atoms with van der Waals surface area (Å²) in [4.78, 5) is 0. The minimum absolute atomic E-state index is 0.565. The van der Waals surface area contributed by atoms with Crippen LogP contribution in [0.3, 0.4) is 0 Å². The van der Waals surface area contributed by atoms with Gasteiger partial charge in [0.25, 0.3) is 0 Å². The van der Waals surface area contributed by atoms with Gasteiger partial charge >= 0.3 is 0 Å². The molecule has 0 bridgehead atoms. The van der Waals surface area contributed by atoms with Gasteiger partial charge in [-0.15, -0.1) is 11.1 Å². The first-order valence-electron chi connectivity index (χ1n) is 31.5. The van der Waals surface area contributed by atoms with Crippen LogP contribution in [0.15, 0.2) is 194 Å². The van der Waals surface area contributed by atoms with Crippen molar-refractivity contribution in [2.45, 2.75) is 116 Å². The van der Waals surface area contributed by atoms with E-state index in [2.05, 4.69) is 348 Å². The maximum Gasteiger partial charge on any atom is 0.146 e. The maximum absolute atomic E-state index is 3.98. The molecule has 0 aliphatic rings. The predicted octanol–water partition coefficient (Wildman–Crippen LogP) is 22.3. The van der Waals surface area contributed by atoms with E-state index in [4.69, 9.17) is 0 Å². The van der Waals surface area contributed by atoms with E-state index < -0.39 is 16.1 Å². The van der Waals surface area contributed by atoms with Crippen molar-refractivity contribution in [3.63, 3.8) is 0 Å². The monoisotopic (exact) mass is 1160 g/mol. The van der Waals surface area contributed by atoms with Gasteiger partial charge in [-0.3, -0.25) is 0 Å². The third-order valence-electron chi connectivity index (χ3n) is 19.2. The summed E-state index contributed by atoms with van der Waals surface area (Å²) in [6.45, 7) is 28.5. The average molecular weight is 1160 g/mol. The molecule has 0 radical (unpaired) electrons. The Bertz CT molecular complexity index is 5180. The smallest absolute Gasteiger partial charge is 0.125 e. The van der Waals surface area contributed by atoms with Gasteiger partial charge in [0.1, 0.15) is 16.1 Å². The first-order chi connectivity index (χ1) is 42.5. The molecule has 12 rings (SSSR count). The van der Waals surface area contributed by atoms with Gasteiger partial charge in [-0.1, -0.05) is 228 Å². The number of fused-ring (bicyclic) bond motifs is 8. The van der Waals surface area contributed by atoms with E-state index in [0.29, 0.717) is 33.2 Å². The molecule has 0 N–H and O–H groups in total. The summed E-state index contributed by atoms with van der Waals surface area (Å²) in [5.41, 5.74) is 19.3. The molecule has 2 heteroatoms. The van der Waals surface area contributed by atoms with Crippen molar-refractivity contribution in [1.82, 2.24) is 0 Å². The highest BCUT2D eigenvalue weighted by Crippen LogP contribution is 2.43. The largest absolute Gasteiger partial charge is 0.146 e. The summed E-state index contributed by atoms with van der Waals surface area (Å²) >= 11 is 0. The molecule has 0 unspecified atom stereocenters. The normalized spacial score (nSPS) is 11.7. The van der Waals surface area contributed by atoms with Gasteiger partial charge in [0.2, 0.25) is 0 Å². The zero-order valence-electron chi connectivity index (χ0n) is 52.9. The molecule has 12 aromatic rings. The fraction of sp³-hybridized carbons (Fsp3) is 0.209. The number of hydrogen-bond acceptors (Lipinski definition) is 0. The summed E-state index contributed by atoms with van der Waals surface area (Å²) < 4.78 is 0. The Kier molecular flexibility index (Phi) is 16.3. The van der Waals surface area contributed by atoms with Crippen molar-refractivity contribution >= 4 is 102 Å². The van der Waals surface area contributed by atoms with Crippen LogP contribution in [0.5, 0.6) is 0 Å². The molecule has 0 aliphatic carbocycles. The number of hydrogen-bond donors (Lipinski definition) is 0. The molecule has 0 nitrogen and oxygen atoms in total. The van der Waals surface area contributed by atoms with Gasteiger partial charge in [-0.2, -0.15) is 0 Å². The molecule has 0 aliphatic heterocycles. The Morgan fingerprint density at radius 1 is 0.205 bits per heavy atom. The molecule has 0 saturated carbocycles. The van der Waals surface area contributed by atoms with E-state index in [9.17, 15) is 0 Å². The maximum atomic E-state index is 3.98. The Labute approximate surface area is 524 Å². The van der Waals surface area contributed by atoms with Gasteiger partial charge in [0, 0.05) is 44.5 Å². The van der Waals surface area contributed by atoms with E-state index in [1.165, 1.54) is 26.9 Å². The minimum Gasteiger partial charge on any atom is -0.125 e. The van der Waals surface area contributed by atoms with Crippen LogP contribution in [0.25, 0.3) is 86.2 Å². The fourth-order valence-electron chi connectivity index (χ4n) is 14.8. The molecule has 0 atom stereocenters. The molecule has 426 valence electrons. The van der Waals surface area contributed by atoms with Crippen molar-refractivity contribution in [3.8, 4) is 70.3 Å². The highest BCUT2D eigenvalue weighted by atomic mass is 28.3. The SMILES string of the molecule is CC(C)[Si](C#Cc1cccc2cc3cccc(C#CC#Cc4cccc5cc6cccc(C#Cc7cccc8cc9cccc(C#Cc%10cccc%11cc%12cccc(C#C[Si](C(C)C)(C(C)C)C(C)C)c%12cc%10%11)c9cc78)c6cc45)c3cc12)(C(C)C)C(C)C. The predicted molar refractivity (Wildman–Crippen MR) is 387 cm³/mol. The Morgan fingerprint density at radius 3 is 0.557 bits per heavy atom. The van der Waals surface area contributed by atoms with Crippen LogP contribution in [0, 0.1) is 70.3 Å². The third-order valence-corrected chi connectivity index (χ3v) is 31.8. The van der Waals surface area contributed by atoms with Crippen LogP contribution >= 0.6 is 0 Å². The molecule has 0 heterocycles. The average Bonchev–Trinajstić information content (AvgIpc) is 1.17. The zero-order valence-corrected chi connectivity index (χ0v) is 54.9. The van der Waals surface area contributed by atoms with E-state index >= 15 is 0 Å². The van der Waals surface area contributed by atoms with Gasteiger partial charge < -0.3 is 0 Å². The quantitative estimate of drug-likeness (QED) is 0.0884. The van der Waals surface area contributed by atoms with Crippen molar-refractivity contribution in [1.29, 1.82) is 0 Å². The van der Waals surface area contributed by atoms with Gasteiger partial charge in [-0.25, -0.2) is 0 Å². The summed E-state index contributed by atoms with van der Waals surface area (Å²) in [6.07, 6.45) is 0. The molecule has 12 aromatic carbocycles. The molecule has 0 spiro atoms. The Morgan fingerprint density at radius 2 is 0.375 bits per heavy atom. The highest BCUT2D eigenvalue weighted by molar-refractivity contribution is 6.91. The van der Waals surface area contributed by atoms with Crippen molar-refractivity contribution < 1.29 is 0 Å². The third kappa shape index (κ3) is 11.0. The summed E-state index contributed by atoms with van der Waals surface area (Å²) in [6, 6.07) is 69.7. The van der Waals surface area contributed by atoms with Crippen LogP contribution in [0.4, 0.5) is 0 Å². The molecule has 0 amide bonds. The summed E-state index contributed by atoms with van der Waals surface area (Å²) in [5.74, 6) is 35.5. The lowest BCUT2D eigenvalue weighted by molar-refractivity contribution is 0.838. The van der Waals surface area contributed by atoms with Crippen molar-refractivity contribution in [3.05, 3.63) is 239 Å². The van der Waals surface area contributed by atoms with Crippen LogP contribution < -0.4 is 0 Å². The first-order valence-corrected chi connectivity index (χ1v) is 35.9. The van der Waals surface area contributed by atoms with Gasteiger partial charge in [0.05, 0.1) is 0 Å². The molecule has 88 heavy (non-hydrogen) atoms. The highest BCUT2D eigenvalue weighted by Gasteiger charge is 2.43. The van der Waals surface area contributed by atoms with Crippen LogP contribution in [0.1, 0.15) is 128 Å². The lowest BCUT2D eigenvalue weighted by Gasteiger charge is -2.38. The van der Waals surface area contributed by atoms with Gasteiger partial charge in [-0.05, 0) is 228 Å². The van der Waals surface area contributed by atoms with Crippen LogP contribution in [-0.4, -0.2) is 16.1 Å². The lowest BCUT2D eigenvalue weighted by atomic mass is 9.95. The zero-order chi connectivity index (χ0) is 61.4. The summed E-state index contributed by atoms with van der Waals surface area (Å²) in [7, 11) is -3.84. The number of rotatable bonds is 6. The molecule has 0 saturated heterocycles. The van der Waals surface area contributed by atoms with E-state index in [1.54, 1.807) is 0 Å². The second-order valence-electron chi connectivity index (χ2n) is 25.9. The topological polar surface area (TPSA) is 0 Å².